The number of fused-ring (bicyclic) bond motifs is 1. The summed E-state index contributed by atoms with van der Waals surface area (Å²) in [5, 5.41) is 3.54. The Hall–Kier alpha value is -1.83. The van der Waals surface area contributed by atoms with Gasteiger partial charge in [-0.05, 0) is 37.0 Å². The van der Waals surface area contributed by atoms with Crippen molar-refractivity contribution in [3.05, 3.63) is 34.3 Å². The standard InChI is InChI=1S/C17H21N3O3S.ClH/c1-22-13-6-3-10(7-14(13)23-2)8-16(21)20-17-19-12-5-4-11(18)9-15(12)24-17;/h3,6-7,11H,4-5,8-9,18H2,1-2H3,(H,19,20,21);1H/t11-;/m0./s1. The summed E-state index contributed by atoms with van der Waals surface area (Å²) < 4.78 is 10.5. The summed E-state index contributed by atoms with van der Waals surface area (Å²) >= 11 is 1.52. The SMILES string of the molecule is COc1ccc(CC(=O)Nc2nc3c(s2)C[C@@H](N)CC3)cc1OC.Cl. The minimum atomic E-state index is -0.0994. The van der Waals surface area contributed by atoms with Crippen LogP contribution >= 0.6 is 23.7 Å². The zero-order valence-electron chi connectivity index (χ0n) is 14.2. The quantitative estimate of drug-likeness (QED) is 0.828. The van der Waals surface area contributed by atoms with Crippen molar-refractivity contribution in [1.29, 1.82) is 0 Å². The number of hydrogen-bond donors (Lipinski definition) is 2. The van der Waals surface area contributed by atoms with Gasteiger partial charge in [0.2, 0.25) is 5.91 Å². The van der Waals surface area contributed by atoms with E-state index in [1.165, 1.54) is 16.2 Å². The number of halogens is 1. The van der Waals surface area contributed by atoms with E-state index in [1.54, 1.807) is 20.3 Å². The van der Waals surface area contributed by atoms with Gasteiger partial charge in [-0.25, -0.2) is 4.98 Å². The lowest BCUT2D eigenvalue weighted by atomic mass is 9.99. The average molecular weight is 384 g/mol. The monoisotopic (exact) mass is 383 g/mol. The molecule has 1 amide bonds. The van der Waals surface area contributed by atoms with Crippen LogP contribution in [0.2, 0.25) is 0 Å². The largest absolute Gasteiger partial charge is 0.493 e. The third-order valence-corrected chi connectivity index (χ3v) is 5.07. The molecule has 1 heterocycles. The van der Waals surface area contributed by atoms with Crippen LogP contribution in [0.15, 0.2) is 18.2 Å². The number of benzene rings is 1. The fourth-order valence-electron chi connectivity index (χ4n) is 2.79. The Labute approximate surface area is 157 Å². The Balaban J connectivity index is 0.00000225. The molecule has 8 heteroatoms. The molecule has 0 spiro atoms. The van der Waals surface area contributed by atoms with Gasteiger partial charge in [0.25, 0.3) is 0 Å². The number of hydrogen-bond acceptors (Lipinski definition) is 6. The molecule has 6 nitrogen and oxygen atoms in total. The van der Waals surface area contributed by atoms with Gasteiger partial charge in [-0.2, -0.15) is 0 Å². The third-order valence-electron chi connectivity index (χ3n) is 4.04. The van der Waals surface area contributed by atoms with Gasteiger partial charge in [-0.1, -0.05) is 6.07 Å². The first-order valence-corrected chi connectivity index (χ1v) is 8.65. The first-order chi connectivity index (χ1) is 11.6. The second-order valence-electron chi connectivity index (χ2n) is 5.81. The van der Waals surface area contributed by atoms with Crippen molar-refractivity contribution in [2.75, 3.05) is 19.5 Å². The van der Waals surface area contributed by atoms with Crippen molar-refractivity contribution in [2.45, 2.75) is 31.7 Å². The molecule has 0 unspecified atom stereocenters. The molecule has 1 aromatic carbocycles. The molecule has 136 valence electrons. The van der Waals surface area contributed by atoms with Gasteiger partial charge in [0.15, 0.2) is 16.6 Å². The number of nitrogens with one attached hydrogen (secondary N) is 1. The van der Waals surface area contributed by atoms with E-state index < -0.39 is 0 Å². The Bertz CT molecular complexity index is 751. The van der Waals surface area contributed by atoms with Crippen LogP contribution in [-0.4, -0.2) is 31.2 Å². The van der Waals surface area contributed by atoms with Gasteiger partial charge in [-0.15, -0.1) is 23.7 Å². The molecule has 0 aliphatic heterocycles. The summed E-state index contributed by atoms with van der Waals surface area (Å²) in [5.41, 5.74) is 7.91. The van der Waals surface area contributed by atoms with Crippen LogP contribution < -0.4 is 20.5 Å². The number of nitrogens with two attached hydrogens (primary N) is 1. The highest BCUT2D eigenvalue weighted by molar-refractivity contribution is 7.15. The molecule has 1 aliphatic carbocycles. The van der Waals surface area contributed by atoms with Gasteiger partial charge in [0.05, 0.1) is 26.3 Å². The highest BCUT2D eigenvalue weighted by Crippen LogP contribution is 2.30. The molecule has 1 aromatic heterocycles. The molecule has 3 N–H and O–H groups in total. The molecule has 1 aliphatic rings. The summed E-state index contributed by atoms with van der Waals surface area (Å²) in [6.45, 7) is 0. The van der Waals surface area contributed by atoms with Crippen molar-refractivity contribution < 1.29 is 14.3 Å². The van der Waals surface area contributed by atoms with Gasteiger partial charge in [0.1, 0.15) is 0 Å². The van der Waals surface area contributed by atoms with Crippen LogP contribution in [0.3, 0.4) is 0 Å². The molecule has 25 heavy (non-hydrogen) atoms. The Morgan fingerprint density at radius 1 is 1.36 bits per heavy atom. The lowest BCUT2D eigenvalue weighted by Gasteiger charge is -2.15. The molecular formula is C17H22ClN3O3S. The number of carbonyl (C=O) groups excluding carboxylic acids is 1. The zero-order chi connectivity index (χ0) is 17.1. The number of aryl methyl sites for hydroxylation is 1. The minimum absolute atomic E-state index is 0. The van der Waals surface area contributed by atoms with E-state index in [1.807, 2.05) is 12.1 Å². The highest BCUT2D eigenvalue weighted by atomic mass is 35.5. The van der Waals surface area contributed by atoms with Crippen molar-refractivity contribution in [3.8, 4) is 11.5 Å². The summed E-state index contributed by atoms with van der Waals surface area (Å²) in [6, 6.07) is 5.66. The Morgan fingerprint density at radius 2 is 2.12 bits per heavy atom. The van der Waals surface area contributed by atoms with Gasteiger partial charge < -0.3 is 20.5 Å². The number of methoxy groups -OCH3 is 2. The van der Waals surface area contributed by atoms with Crippen molar-refractivity contribution >= 4 is 34.8 Å². The van der Waals surface area contributed by atoms with E-state index >= 15 is 0 Å². The van der Waals surface area contributed by atoms with Gasteiger partial charge >= 0.3 is 0 Å². The van der Waals surface area contributed by atoms with E-state index in [0.29, 0.717) is 16.6 Å². The molecule has 0 bridgehead atoms. The van der Waals surface area contributed by atoms with Crippen LogP contribution in [0.25, 0.3) is 0 Å². The van der Waals surface area contributed by atoms with E-state index in [4.69, 9.17) is 15.2 Å². The first-order valence-electron chi connectivity index (χ1n) is 7.84. The lowest BCUT2D eigenvalue weighted by Crippen LogP contribution is -2.27. The van der Waals surface area contributed by atoms with Crippen LogP contribution in [0.5, 0.6) is 11.5 Å². The van der Waals surface area contributed by atoms with Crippen LogP contribution in [0, 0.1) is 0 Å². The van der Waals surface area contributed by atoms with Crippen LogP contribution in [0.4, 0.5) is 5.13 Å². The van der Waals surface area contributed by atoms with E-state index in [0.717, 1.165) is 30.5 Å². The second kappa shape index (κ2) is 8.51. The van der Waals surface area contributed by atoms with E-state index in [9.17, 15) is 4.79 Å². The maximum atomic E-state index is 12.3. The predicted octanol–water partition coefficient (Wildman–Crippen LogP) is 2.58. The smallest absolute Gasteiger partial charge is 0.230 e. The highest BCUT2D eigenvalue weighted by Gasteiger charge is 2.20. The summed E-state index contributed by atoms with van der Waals surface area (Å²) in [4.78, 5) is 18.0. The number of thiazole rings is 1. The summed E-state index contributed by atoms with van der Waals surface area (Å²) in [5.74, 6) is 1.16. The van der Waals surface area contributed by atoms with Gasteiger partial charge in [-0.3, -0.25) is 4.79 Å². The lowest BCUT2D eigenvalue weighted by molar-refractivity contribution is -0.115. The zero-order valence-corrected chi connectivity index (χ0v) is 15.8. The molecule has 0 saturated heterocycles. The number of nitrogens with zero attached hydrogens (tertiary/aromatic N) is 1. The minimum Gasteiger partial charge on any atom is -0.493 e. The Morgan fingerprint density at radius 3 is 2.84 bits per heavy atom. The normalized spacial score (nSPS) is 15.7. The van der Waals surface area contributed by atoms with Crippen LogP contribution in [-0.2, 0) is 24.1 Å². The summed E-state index contributed by atoms with van der Waals surface area (Å²) in [7, 11) is 3.16. The summed E-state index contributed by atoms with van der Waals surface area (Å²) in [6.07, 6.45) is 2.94. The van der Waals surface area contributed by atoms with E-state index in [-0.39, 0.29) is 30.8 Å². The molecule has 0 fully saturated rings. The molecular weight excluding hydrogens is 362 g/mol. The fraction of sp³-hybridized carbons (Fsp3) is 0.412. The molecule has 0 radical (unpaired) electrons. The van der Waals surface area contributed by atoms with Crippen molar-refractivity contribution in [1.82, 2.24) is 4.98 Å². The number of anilines is 1. The van der Waals surface area contributed by atoms with Gasteiger partial charge in [0, 0.05) is 10.9 Å². The van der Waals surface area contributed by atoms with Crippen molar-refractivity contribution in [3.63, 3.8) is 0 Å². The molecule has 1 atom stereocenters. The van der Waals surface area contributed by atoms with Crippen molar-refractivity contribution in [2.24, 2.45) is 5.73 Å². The maximum absolute atomic E-state index is 12.3. The fourth-order valence-corrected chi connectivity index (χ4v) is 3.91. The number of ether oxygens (including phenoxy) is 2. The molecule has 3 rings (SSSR count). The number of carbonyl (C=O) groups is 1. The molecule has 2 aromatic rings. The topological polar surface area (TPSA) is 86.5 Å². The molecule has 0 saturated carbocycles. The number of amides is 1. The second-order valence-corrected chi connectivity index (χ2v) is 6.89. The predicted molar refractivity (Wildman–Crippen MR) is 101 cm³/mol. The third kappa shape index (κ3) is 4.62. The number of rotatable bonds is 5. The number of aromatic nitrogens is 1. The van der Waals surface area contributed by atoms with Crippen LogP contribution in [0.1, 0.15) is 22.6 Å². The van der Waals surface area contributed by atoms with E-state index in [2.05, 4.69) is 10.3 Å². The average Bonchev–Trinajstić information content (AvgIpc) is 2.95. The Kier molecular flexibility index (Phi) is 6.64. The maximum Gasteiger partial charge on any atom is 0.230 e. The first kappa shape index (κ1) is 19.5.